The Kier molecular flexibility index (Phi) is 5.17. The van der Waals surface area contributed by atoms with E-state index in [1.54, 1.807) is 11.8 Å². The minimum atomic E-state index is -0.448. The Morgan fingerprint density at radius 3 is 2.95 bits per heavy atom. The first-order chi connectivity index (χ1) is 9.54. The predicted octanol–water partition coefficient (Wildman–Crippen LogP) is 3.35. The van der Waals surface area contributed by atoms with E-state index in [4.69, 9.17) is 0 Å². The summed E-state index contributed by atoms with van der Waals surface area (Å²) in [6.07, 6.45) is 4.04. The van der Waals surface area contributed by atoms with E-state index in [0.717, 1.165) is 34.6 Å². The average molecular weight is 313 g/mol. The van der Waals surface area contributed by atoms with E-state index < -0.39 is 6.10 Å². The zero-order chi connectivity index (χ0) is 14.7. The highest BCUT2D eigenvalue weighted by Crippen LogP contribution is 2.43. The molecule has 0 radical (unpaired) electrons. The molecule has 1 unspecified atom stereocenters. The van der Waals surface area contributed by atoms with Gasteiger partial charge in [-0.05, 0) is 44.9 Å². The fraction of sp³-hybridized carbons (Fsp3) is 0.615. The van der Waals surface area contributed by atoms with E-state index in [1.165, 1.54) is 11.3 Å². The minimum Gasteiger partial charge on any atom is -0.388 e. The summed E-state index contributed by atoms with van der Waals surface area (Å²) in [6, 6.07) is 0.0520. The third-order valence-corrected chi connectivity index (χ3v) is 5.47. The van der Waals surface area contributed by atoms with Crippen molar-refractivity contribution in [2.45, 2.75) is 49.5 Å². The van der Waals surface area contributed by atoms with E-state index in [9.17, 15) is 9.90 Å². The van der Waals surface area contributed by atoms with E-state index in [1.807, 2.05) is 20.1 Å². The van der Waals surface area contributed by atoms with Gasteiger partial charge in [0.05, 0.1) is 21.2 Å². The number of aliphatic hydroxyl groups excluding tert-OH is 1. The smallest absolute Gasteiger partial charge is 0.283 e. The number of nitrogens with one attached hydrogen (secondary N) is 1. The number of thioether (sulfide) groups is 1. The molecule has 110 valence electrons. The monoisotopic (exact) mass is 313 g/mol. The highest BCUT2D eigenvalue weighted by atomic mass is 32.2. The van der Waals surface area contributed by atoms with Gasteiger partial charge in [-0.25, -0.2) is 5.43 Å². The zero-order valence-corrected chi connectivity index (χ0v) is 13.5. The average Bonchev–Trinajstić information content (AvgIpc) is 2.78. The van der Waals surface area contributed by atoms with Crippen LogP contribution in [0.25, 0.3) is 0 Å². The summed E-state index contributed by atoms with van der Waals surface area (Å²) < 4.78 is 1.03. The molecule has 0 aromatic carbocycles. The maximum absolute atomic E-state index is 12.2. The van der Waals surface area contributed by atoms with Crippen LogP contribution in [-0.4, -0.2) is 23.3 Å². The fourth-order valence-electron chi connectivity index (χ4n) is 2.23. The van der Waals surface area contributed by atoms with Crippen molar-refractivity contribution in [3.8, 4) is 0 Å². The second-order valence-corrected chi connectivity index (χ2v) is 7.07. The van der Waals surface area contributed by atoms with Crippen LogP contribution in [-0.2, 0) is 6.42 Å². The second-order valence-electron chi connectivity index (χ2n) is 4.97. The van der Waals surface area contributed by atoms with Crippen LogP contribution in [0.4, 0.5) is 0 Å². The minimum absolute atomic E-state index is 0.0520. The lowest BCUT2D eigenvalue weighted by atomic mass is 9.91. The number of hydrogen-bond donors (Lipinski definition) is 2. The lowest BCUT2D eigenvalue weighted by molar-refractivity contribution is 0.0953. The van der Waals surface area contributed by atoms with Crippen LogP contribution in [0.1, 0.15) is 53.6 Å². The maximum atomic E-state index is 12.2. The lowest BCUT2D eigenvalue weighted by Crippen LogP contribution is -2.19. The van der Waals surface area contributed by atoms with Gasteiger partial charge >= 0.3 is 0 Å². The van der Waals surface area contributed by atoms with Crippen LogP contribution in [0, 0.1) is 0 Å². The van der Waals surface area contributed by atoms with Crippen LogP contribution in [0.5, 0.6) is 0 Å². The molecule has 7 heteroatoms. The molecule has 1 aromatic heterocycles. The molecule has 0 saturated carbocycles. The number of nitrogens with zero attached hydrogens (tertiary/aromatic N) is 2. The lowest BCUT2D eigenvalue weighted by Gasteiger charge is -2.19. The van der Waals surface area contributed by atoms with Crippen molar-refractivity contribution in [3.05, 3.63) is 16.0 Å². The number of carbonyl (C=O) groups is 1. The van der Waals surface area contributed by atoms with Crippen molar-refractivity contribution in [3.63, 3.8) is 0 Å². The summed E-state index contributed by atoms with van der Waals surface area (Å²) in [6.45, 7) is 3.79. The molecule has 0 bridgehead atoms. The Morgan fingerprint density at radius 1 is 1.55 bits per heavy atom. The fourth-order valence-corrected chi connectivity index (χ4v) is 4.32. The second kappa shape index (κ2) is 6.69. The van der Waals surface area contributed by atoms with Gasteiger partial charge in [-0.3, -0.25) is 4.79 Å². The number of hydrogen-bond acceptors (Lipinski definition) is 6. The maximum Gasteiger partial charge on any atom is 0.283 e. The Balaban J connectivity index is 2.26. The van der Waals surface area contributed by atoms with Crippen molar-refractivity contribution >= 4 is 29.0 Å². The number of fused-ring (bicyclic) bond motifs is 1. The molecule has 1 aliphatic rings. The third kappa shape index (κ3) is 3.21. The van der Waals surface area contributed by atoms with Crippen LogP contribution >= 0.6 is 23.1 Å². The number of aliphatic hydroxyl groups is 1. The molecule has 1 amide bonds. The Bertz CT molecular complexity index is 526. The summed E-state index contributed by atoms with van der Waals surface area (Å²) in [5.41, 5.74) is 4.40. The SMILES string of the molecule is CSc1sc(C(=O)NN=NC(C)C)c2c1C(O)CCC2. The van der Waals surface area contributed by atoms with Gasteiger partial charge in [0.25, 0.3) is 5.91 Å². The summed E-state index contributed by atoms with van der Waals surface area (Å²) >= 11 is 3.01. The van der Waals surface area contributed by atoms with E-state index >= 15 is 0 Å². The van der Waals surface area contributed by atoms with E-state index in [2.05, 4.69) is 15.8 Å². The van der Waals surface area contributed by atoms with E-state index in [-0.39, 0.29) is 11.9 Å². The molecular formula is C13H19N3O2S2. The Hall–Kier alpha value is -0.920. The topological polar surface area (TPSA) is 74.0 Å². The molecule has 1 aliphatic carbocycles. The number of thiophene rings is 1. The molecule has 2 rings (SSSR count). The van der Waals surface area contributed by atoms with Gasteiger partial charge in [-0.1, -0.05) is 5.22 Å². The number of rotatable bonds is 4. The van der Waals surface area contributed by atoms with Gasteiger partial charge < -0.3 is 5.11 Å². The third-order valence-electron chi connectivity index (χ3n) is 3.08. The molecule has 20 heavy (non-hydrogen) atoms. The van der Waals surface area contributed by atoms with Crippen molar-refractivity contribution in [1.29, 1.82) is 0 Å². The molecule has 1 atom stereocenters. The summed E-state index contributed by atoms with van der Waals surface area (Å²) in [5, 5.41) is 17.7. The van der Waals surface area contributed by atoms with Gasteiger partial charge in [0, 0.05) is 5.56 Å². The molecule has 0 fully saturated rings. The van der Waals surface area contributed by atoms with Crippen LogP contribution in [0.15, 0.2) is 14.5 Å². The van der Waals surface area contributed by atoms with Crippen LogP contribution in [0.2, 0.25) is 0 Å². The summed E-state index contributed by atoms with van der Waals surface area (Å²) in [5.74, 6) is -0.231. The molecule has 0 spiro atoms. The normalized spacial score (nSPS) is 18.6. The van der Waals surface area contributed by atoms with Crippen LogP contribution in [0.3, 0.4) is 0 Å². The summed E-state index contributed by atoms with van der Waals surface area (Å²) in [4.78, 5) is 12.8. The van der Waals surface area contributed by atoms with Gasteiger partial charge in [0.1, 0.15) is 0 Å². The molecule has 5 nitrogen and oxygen atoms in total. The Labute approximate surface area is 126 Å². The number of amides is 1. The molecule has 1 heterocycles. The molecule has 0 saturated heterocycles. The molecule has 2 N–H and O–H groups in total. The number of carbonyl (C=O) groups excluding carboxylic acids is 1. The molecule has 0 aliphatic heterocycles. The Morgan fingerprint density at radius 2 is 2.30 bits per heavy atom. The first kappa shape index (κ1) is 15.5. The van der Waals surface area contributed by atoms with Crippen molar-refractivity contribution in [2.75, 3.05) is 6.26 Å². The standard InChI is InChI=1S/C13H19N3O2S2/c1-7(2)14-16-15-12(18)11-8-5-4-6-9(17)10(8)13(19-3)20-11/h7,9,17H,4-6H2,1-3H3,(H,14,15,18). The first-order valence-corrected chi connectivity index (χ1v) is 8.66. The van der Waals surface area contributed by atoms with Gasteiger partial charge in [-0.2, -0.15) is 5.11 Å². The highest BCUT2D eigenvalue weighted by Gasteiger charge is 2.29. The van der Waals surface area contributed by atoms with E-state index in [0.29, 0.717) is 4.88 Å². The van der Waals surface area contributed by atoms with Crippen molar-refractivity contribution < 1.29 is 9.90 Å². The van der Waals surface area contributed by atoms with Gasteiger partial charge in [0.2, 0.25) is 0 Å². The zero-order valence-electron chi connectivity index (χ0n) is 11.8. The predicted molar refractivity (Wildman–Crippen MR) is 81.5 cm³/mol. The van der Waals surface area contributed by atoms with Gasteiger partial charge in [-0.15, -0.1) is 23.1 Å². The quantitative estimate of drug-likeness (QED) is 0.508. The largest absolute Gasteiger partial charge is 0.388 e. The molecule has 1 aromatic rings. The first-order valence-electron chi connectivity index (χ1n) is 6.62. The summed E-state index contributed by atoms with van der Waals surface area (Å²) in [7, 11) is 0. The van der Waals surface area contributed by atoms with Gasteiger partial charge in [0.15, 0.2) is 0 Å². The van der Waals surface area contributed by atoms with Crippen LogP contribution < -0.4 is 5.43 Å². The van der Waals surface area contributed by atoms with Crippen molar-refractivity contribution in [1.82, 2.24) is 5.43 Å². The van der Waals surface area contributed by atoms with Crippen molar-refractivity contribution in [2.24, 2.45) is 10.3 Å². The molecular weight excluding hydrogens is 294 g/mol. The highest BCUT2D eigenvalue weighted by molar-refractivity contribution is 8.00.